The van der Waals surface area contributed by atoms with Gasteiger partial charge < -0.3 is 14.9 Å². The Labute approximate surface area is 129 Å². The quantitative estimate of drug-likeness (QED) is 0.880. The summed E-state index contributed by atoms with van der Waals surface area (Å²) in [5.41, 5.74) is 1.11. The van der Waals surface area contributed by atoms with Gasteiger partial charge in [0.15, 0.2) is 0 Å². The number of hydrogen-bond donors (Lipinski definition) is 2. The van der Waals surface area contributed by atoms with E-state index >= 15 is 0 Å². The number of aryl methyl sites for hydroxylation is 2. The largest absolute Gasteiger partial charge is 0.478 e. The summed E-state index contributed by atoms with van der Waals surface area (Å²) in [6, 6.07) is 4.56. The highest BCUT2D eigenvalue weighted by Gasteiger charge is 2.21. The van der Waals surface area contributed by atoms with E-state index in [2.05, 4.69) is 26.4 Å². The first-order valence-electron chi connectivity index (χ1n) is 6.23. The van der Waals surface area contributed by atoms with E-state index in [0.717, 1.165) is 0 Å². The molecule has 110 valence electrons. The number of benzene rings is 1. The molecule has 0 saturated heterocycles. The lowest BCUT2D eigenvalue weighted by Gasteiger charge is -2.09. The van der Waals surface area contributed by atoms with Crippen molar-refractivity contribution < 1.29 is 19.2 Å². The average Bonchev–Trinajstić information content (AvgIpc) is 2.79. The van der Waals surface area contributed by atoms with Gasteiger partial charge in [0, 0.05) is 4.47 Å². The van der Waals surface area contributed by atoms with Crippen molar-refractivity contribution in [3.63, 3.8) is 0 Å². The SMILES string of the molecule is CCc1noc(C)c1C(=O)Nc1cc(Br)ccc1C(=O)O. The third-order valence-electron chi connectivity index (χ3n) is 2.96. The van der Waals surface area contributed by atoms with Crippen LogP contribution in [0.5, 0.6) is 0 Å². The Morgan fingerprint density at radius 1 is 1.43 bits per heavy atom. The second-order valence-corrected chi connectivity index (χ2v) is 5.28. The molecule has 0 spiro atoms. The number of halogens is 1. The number of rotatable bonds is 4. The molecule has 2 N–H and O–H groups in total. The monoisotopic (exact) mass is 352 g/mol. The van der Waals surface area contributed by atoms with E-state index in [0.29, 0.717) is 27.9 Å². The summed E-state index contributed by atoms with van der Waals surface area (Å²) in [5, 5.41) is 15.6. The van der Waals surface area contributed by atoms with E-state index in [1.807, 2.05) is 6.92 Å². The Hall–Kier alpha value is -2.15. The average molecular weight is 353 g/mol. The van der Waals surface area contributed by atoms with Gasteiger partial charge in [0.1, 0.15) is 11.3 Å². The molecule has 0 unspecified atom stereocenters. The van der Waals surface area contributed by atoms with Crippen LogP contribution in [0.1, 0.15) is 39.1 Å². The smallest absolute Gasteiger partial charge is 0.337 e. The molecule has 0 saturated carbocycles. The minimum Gasteiger partial charge on any atom is -0.478 e. The van der Waals surface area contributed by atoms with Crippen molar-refractivity contribution in [3.8, 4) is 0 Å². The van der Waals surface area contributed by atoms with E-state index in [-0.39, 0.29) is 11.3 Å². The van der Waals surface area contributed by atoms with Crippen LogP contribution >= 0.6 is 15.9 Å². The summed E-state index contributed by atoms with van der Waals surface area (Å²) in [6.45, 7) is 3.50. The highest BCUT2D eigenvalue weighted by Crippen LogP contribution is 2.23. The molecule has 0 aliphatic heterocycles. The maximum atomic E-state index is 12.3. The van der Waals surface area contributed by atoms with Crippen LogP contribution in [-0.2, 0) is 6.42 Å². The molecule has 6 nitrogen and oxygen atoms in total. The van der Waals surface area contributed by atoms with Gasteiger partial charge in [0.25, 0.3) is 5.91 Å². The lowest BCUT2D eigenvalue weighted by molar-refractivity contribution is 0.0698. The number of amides is 1. The molecule has 21 heavy (non-hydrogen) atoms. The van der Waals surface area contributed by atoms with Crippen molar-refractivity contribution in [1.82, 2.24) is 5.16 Å². The normalized spacial score (nSPS) is 10.4. The first kappa shape index (κ1) is 15.2. The third kappa shape index (κ3) is 3.13. The number of carboxylic acids is 1. The maximum Gasteiger partial charge on any atom is 0.337 e. The zero-order valence-electron chi connectivity index (χ0n) is 11.4. The van der Waals surface area contributed by atoms with Gasteiger partial charge >= 0.3 is 5.97 Å². The van der Waals surface area contributed by atoms with Gasteiger partial charge in [-0.1, -0.05) is 28.0 Å². The Bertz CT molecular complexity index is 709. The first-order valence-corrected chi connectivity index (χ1v) is 7.02. The molecular formula is C14H13BrN2O4. The van der Waals surface area contributed by atoms with Crippen molar-refractivity contribution in [2.75, 3.05) is 5.32 Å². The predicted octanol–water partition coefficient (Wildman–Crippen LogP) is 3.26. The zero-order chi connectivity index (χ0) is 15.6. The van der Waals surface area contributed by atoms with Crippen LogP contribution in [0.25, 0.3) is 0 Å². The van der Waals surface area contributed by atoms with Gasteiger partial charge in [-0.15, -0.1) is 0 Å². The van der Waals surface area contributed by atoms with Crippen molar-refractivity contribution in [1.29, 1.82) is 0 Å². The Morgan fingerprint density at radius 2 is 2.14 bits per heavy atom. The number of hydrogen-bond acceptors (Lipinski definition) is 4. The number of aromatic carboxylic acids is 1. The van der Waals surface area contributed by atoms with Crippen LogP contribution < -0.4 is 5.32 Å². The number of anilines is 1. The van der Waals surface area contributed by atoms with Crippen LogP contribution in [0, 0.1) is 6.92 Å². The summed E-state index contributed by atoms with van der Waals surface area (Å²) in [7, 11) is 0. The van der Waals surface area contributed by atoms with Crippen molar-refractivity contribution in [2.24, 2.45) is 0 Å². The maximum absolute atomic E-state index is 12.3. The van der Waals surface area contributed by atoms with Gasteiger partial charge in [-0.3, -0.25) is 4.79 Å². The minimum absolute atomic E-state index is 0.0127. The minimum atomic E-state index is -1.12. The topological polar surface area (TPSA) is 92.4 Å². The molecule has 0 radical (unpaired) electrons. The van der Waals surface area contributed by atoms with Crippen LogP contribution in [0.3, 0.4) is 0 Å². The molecule has 0 bridgehead atoms. The molecule has 1 aromatic heterocycles. The molecule has 0 fully saturated rings. The molecule has 2 aromatic rings. The lowest BCUT2D eigenvalue weighted by Crippen LogP contribution is -2.16. The molecule has 0 aliphatic rings. The molecule has 7 heteroatoms. The summed E-state index contributed by atoms with van der Waals surface area (Å²) in [6.07, 6.45) is 0.546. The lowest BCUT2D eigenvalue weighted by atomic mass is 10.1. The molecule has 1 aromatic carbocycles. The molecule has 2 rings (SSSR count). The number of carbonyl (C=O) groups excluding carboxylic acids is 1. The van der Waals surface area contributed by atoms with E-state index in [4.69, 9.17) is 9.63 Å². The van der Waals surface area contributed by atoms with Gasteiger partial charge in [0.05, 0.1) is 16.9 Å². The van der Waals surface area contributed by atoms with Gasteiger partial charge in [-0.25, -0.2) is 4.79 Å². The fraction of sp³-hybridized carbons (Fsp3) is 0.214. The molecule has 0 aliphatic carbocycles. The van der Waals surface area contributed by atoms with Crippen LogP contribution in [0.4, 0.5) is 5.69 Å². The Morgan fingerprint density at radius 3 is 2.76 bits per heavy atom. The predicted molar refractivity (Wildman–Crippen MR) is 79.7 cm³/mol. The van der Waals surface area contributed by atoms with E-state index in [1.165, 1.54) is 12.1 Å². The highest BCUT2D eigenvalue weighted by atomic mass is 79.9. The van der Waals surface area contributed by atoms with Crippen molar-refractivity contribution >= 4 is 33.5 Å². The Balaban J connectivity index is 2.38. The summed E-state index contributed by atoms with van der Waals surface area (Å²) in [5.74, 6) is -1.15. The standard InChI is InChI=1S/C14H13BrN2O4/c1-3-10-12(7(2)21-17-10)13(18)16-11-6-8(15)4-5-9(11)14(19)20/h4-6H,3H2,1-2H3,(H,16,18)(H,19,20). The number of carbonyl (C=O) groups is 2. The van der Waals surface area contributed by atoms with Crippen LogP contribution in [0.2, 0.25) is 0 Å². The number of carboxylic acid groups (broad SMARTS) is 1. The highest BCUT2D eigenvalue weighted by molar-refractivity contribution is 9.10. The molecule has 0 atom stereocenters. The summed E-state index contributed by atoms with van der Waals surface area (Å²) >= 11 is 3.25. The van der Waals surface area contributed by atoms with Gasteiger partial charge in [-0.05, 0) is 31.5 Å². The Kier molecular flexibility index (Phi) is 4.42. The zero-order valence-corrected chi connectivity index (χ0v) is 13.0. The fourth-order valence-corrected chi connectivity index (χ4v) is 2.30. The summed E-state index contributed by atoms with van der Waals surface area (Å²) in [4.78, 5) is 23.5. The van der Waals surface area contributed by atoms with Crippen LogP contribution in [-0.4, -0.2) is 22.1 Å². The van der Waals surface area contributed by atoms with Crippen LogP contribution in [0.15, 0.2) is 27.2 Å². The van der Waals surface area contributed by atoms with Gasteiger partial charge in [0.2, 0.25) is 0 Å². The van der Waals surface area contributed by atoms with Crippen molar-refractivity contribution in [2.45, 2.75) is 20.3 Å². The van der Waals surface area contributed by atoms with E-state index < -0.39 is 11.9 Å². The second-order valence-electron chi connectivity index (χ2n) is 4.36. The molecular weight excluding hydrogens is 340 g/mol. The summed E-state index contributed by atoms with van der Waals surface area (Å²) < 4.78 is 5.68. The number of nitrogens with one attached hydrogen (secondary N) is 1. The van der Waals surface area contributed by atoms with E-state index in [1.54, 1.807) is 13.0 Å². The van der Waals surface area contributed by atoms with Crippen molar-refractivity contribution in [3.05, 3.63) is 45.3 Å². The molecule has 1 heterocycles. The number of aromatic nitrogens is 1. The van der Waals surface area contributed by atoms with Gasteiger partial charge in [-0.2, -0.15) is 0 Å². The molecule has 1 amide bonds. The van der Waals surface area contributed by atoms with E-state index in [9.17, 15) is 9.59 Å². The fourth-order valence-electron chi connectivity index (χ4n) is 1.94. The third-order valence-corrected chi connectivity index (χ3v) is 3.45. The second kappa shape index (κ2) is 6.09. The first-order chi connectivity index (χ1) is 9.93. The number of nitrogens with zero attached hydrogens (tertiary/aromatic N) is 1.